The first kappa shape index (κ1) is 21.1. The summed E-state index contributed by atoms with van der Waals surface area (Å²) in [7, 11) is 0. The second kappa shape index (κ2) is 8.31. The van der Waals surface area contributed by atoms with Gasteiger partial charge in [-0.3, -0.25) is 9.78 Å². The minimum absolute atomic E-state index is 0.0172. The van der Waals surface area contributed by atoms with Crippen molar-refractivity contribution in [3.8, 4) is 0 Å². The summed E-state index contributed by atoms with van der Waals surface area (Å²) in [6, 6.07) is 13.9. The fourth-order valence-electron chi connectivity index (χ4n) is 4.74. The number of fused-ring (bicyclic) bond motifs is 1. The maximum atomic E-state index is 13.5. The lowest BCUT2D eigenvalue weighted by Gasteiger charge is -2.24. The standard InChI is InChI=1S/C26H28N6O/c1-15-7-5-8-21-20(15)14-23(31-21)25(33)32-10-6-9-24(32)22-13-19(12-18(4)27-22)30-26-28-16(2)11-17(3)29-26/h5,7-8,11-14,24,31H,6,9-10H2,1-4H3,(H,27,28,29,30)/t24-/m1/s1. The lowest BCUT2D eigenvalue weighted by molar-refractivity contribution is 0.0728. The van der Waals surface area contributed by atoms with Crippen molar-refractivity contribution in [3.05, 3.63) is 76.5 Å². The Morgan fingerprint density at radius 2 is 1.76 bits per heavy atom. The first-order chi connectivity index (χ1) is 15.9. The predicted molar refractivity (Wildman–Crippen MR) is 130 cm³/mol. The number of rotatable bonds is 4. The van der Waals surface area contributed by atoms with Gasteiger partial charge in [0.1, 0.15) is 5.69 Å². The number of amides is 1. The molecule has 2 N–H and O–H groups in total. The number of carbonyl (C=O) groups is 1. The minimum atomic E-state index is -0.0642. The predicted octanol–water partition coefficient (Wildman–Crippen LogP) is 5.31. The van der Waals surface area contributed by atoms with E-state index in [1.807, 2.05) is 62.1 Å². The number of aromatic amines is 1. The van der Waals surface area contributed by atoms with Crippen molar-refractivity contribution in [2.45, 2.75) is 46.6 Å². The Kier molecular flexibility index (Phi) is 5.32. The van der Waals surface area contributed by atoms with E-state index in [0.717, 1.165) is 64.3 Å². The number of carbonyl (C=O) groups excluding carboxylic acids is 1. The van der Waals surface area contributed by atoms with Crippen LogP contribution in [-0.4, -0.2) is 37.3 Å². The van der Waals surface area contributed by atoms with Gasteiger partial charge in [0.25, 0.3) is 5.91 Å². The van der Waals surface area contributed by atoms with E-state index in [9.17, 15) is 4.79 Å². The fraction of sp³-hybridized carbons (Fsp3) is 0.308. The first-order valence-corrected chi connectivity index (χ1v) is 11.3. The largest absolute Gasteiger partial charge is 0.351 e. The fourth-order valence-corrected chi connectivity index (χ4v) is 4.74. The number of likely N-dealkylation sites (tertiary alicyclic amines) is 1. The molecular weight excluding hydrogens is 412 g/mol. The quantitative estimate of drug-likeness (QED) is 0.449. The maximum Gasteiger partial charge on any atom is 0.270 e. The van der Waals surface area contributed by atoms with Crippen LogP contribution in [0.4, 0.5) is 11.6 Å². The number of aromatic nitrogens is 4. The number of aryl methyl sites for hydroxylation is 4. The Morgan fingerprint density at radius 1 is 1.00 bits per heavy atom. The van der Waals surface area contributed by atoms with Gasteiger partial charge >= 0.3 is 0 Å². The molecule has 1 aliphatic rings. The third-order valence-corrected chi connectivity index (χ3v) is 6.18. The molecule has 0 radical (unpaired) electrons. The van der Waals surface area contributed by atoms with Crippen molar-refractivity contribution in [1.82, 2.24) is 24.8 Å². The molecule has 7 heteroatoms. The van der Waals surface area contributed by atoms with Crippen LogP contribution < -0.4 is 5.32 Å². The number of hydrogen-bond acceptors (Lipinski definition) is 5. The lowest BCUT2D eigenvalue weighted by atomic mass is 10.1. The highest BCUT2D eigenvalue weighted by molar-refractivity contribution is 5.99. The Labute approximate surface area is 193 Å². The summed E-state index contributed by atoms with van der Waals surface area (Å²) in [5.41, 5.74) is 7.26. The third-order valence-electron chi connectivity index (χ3n) is 6.18. The van der Waals surface area contributed by atoms with E-state index in [1.165, 1.54) is 0 Å². The monoisotopic (exact) mass is 440 g/mol. The van der Waals surface area contributed by atoms with Crippen LogP contribution in [0.25, 0.3) is 10.9 Å². The minimum Gasteiger partial charge on any atom is -0.351 e. The van der Waals surface area contributed by atoms with Crippen LogP contribution in [0.2, 0.25) is 0 Å². The number of pyridine rings is 1. The van der Waals surface area contributed by atoms with Gasteiger partial charge in [-0.1, -0.05) is 12.1 Å². The molecule has 1 atom stereocenters. The number of benzene rings is 1. The number of hydrogen-bond donors (Lipinski definition) is 2. The summed E-state index contributed by atoms with van der Waals surface area (Å²) in [6.45, 7) is 8.66. The summed E-state index contributed by atoms with van der Waals surface area (Å²) in [6.07, 6.45) is 1.84. The van der Waals surface area contributed by atoms with Crippen molar-refractivity contribution in [3.63, 3.8) is 0 Å². The van der Waals surface area contributed by atoms with Crippen LogP contribution in [0.3, 0.4) is 0 Å². The molecule has 0 unspecified atom stereocenters. The second-order valence-corrected chi connectivity index (χ2v) is 8.90. The Morgan fingerprint density at radius 3 is 2.52 bits per heavy atom. The van der Waals surface area contributed by atoms with Crippen LogP contribution in [0.15, 0.2) is 42.5 Å². The summed E-state index contributed by atoms with van der Waals surface area (Å²) in [5.74, 6) is 0.584. The third kappa shape index (κ3) is 4.18. The van der Waals surface area contributed by atoms with Crippen LogP contribution >= 0.6 is 0 Å². The van der Waals surface area contributed by atoms with Crippen molar-refractivity contribution in [2.75, 3.05) is 11.9 Å². The molecular formula is C26H28N6O. The molecule has 4 heterocycles. The molecule has 5 rings (SSSR count). The van der Waals surface area contributed by atoms with E-state index in [1.54, 1.807) is 0 Å². The van der Waals surface area contributed by atoms with Crippen LogP contribution in [0.5, 0.6) is 0 Å². The molecule has 1 saturated heterocycles. The molecule has 1 amide bonds. The van der Waals surface area contributed by atoms with E-state index < -0.39 is 0 Å². The smallest absolute Gasteiger partial charge is 0.270 e. The molecule has 0 saturated carbocycles. The molecule has 1 aromatic carbocycles. The van der Waals surface area contributed by atoms with Crippen molar-refractivity contribution >= 4 is 28.4 Å². The van der Waals surface area contributed by atoms with E-state index in [0.29, 0.717) is 11.6 Å². The van der Waals surface area contributed by atoms with Gasteiger partial charge in [-0.25, -0.2) is 9.97 Å². The highest BCUT2D eigenvalue weighted by Crippen LogP contribution is 2.34. The maximum absolute atomic E-state index is 13.5. The molecule has 0 spiro atoms. The Bertz CT molecular complexity index is 1340. The van der Waals surface area contributed by atoms with Crippen molar-refractivity contribution < 1.29 is 4.79 Å². The molecule has 1 aliphatic heterocycles. The van der Waals surface area contributed by atoms with Gasteiger partial charge in [0.2, 0.25) is 5.95 Å². The zero-order valence-corrected chi connectivity index (χ0v) is 19.4. The van der Waals surface area contributed by atoms with E-state index in [-0.39, 0.29) is 11.9 Å². The van der Waals surface area contributed by atoms with Crippen LogP contribution in [-0.2, 0) is 0 Å². The number of H-pyrrole nitrogens is 1. The molecule has 1 fully saturated rings. The summed E-state index contributed by atoms with van der Waals surface area (Å²) in [4.78, 5) is 32.5. The zero-order valence-electron chi connectivity index (χ0n) is 19.4. The SMILES string of the molecule is Cc1cc(Nc2nc(C)cc(C)n2)cc([C@H]2CCCN2C(=O)c2cc3c(C)cccc3[nH]2)n1. The number of nitrogens with one attached hydrogen (secondary N) is 2. The topological polar surface area (TPSA) is 86.8 Å². The Balaban J connectivity index is 1.44. The average Bonchev–Trinajstić information content (AvgIpc) is 3.40. The number of nitrogens with zero attached hydrogens (tertiary/aromatic N) is 4. The van der Waals surface area contributed by atoms with Crippen LogP contribution in [0.1, 0.15) is 57.7 Å². The van der Waals surface area contributed by atoms with Gasteiger partial charge in [-0.15, -0.1) is 0 Å². The summed E-state index contributed by atoms with van der Waals surface area (Å²) in [5, 5.41) is 4.41. The van der Waals surface area contributed by atoms with Crippen molar-refractivity contribution in [2.24, 2.45) is 0 Å². The molecule has 168 valence electrons. The van der Waals surface area contributed by atoms with E-state index in [4.69, 9.17) is 4.98 Å². The highest BCUT2D eigenvalue weighted by atomic mass is 16.2. The van der Waals surface area contributed by atoms with E-state index >= 15 is 0 Å². The van der Waals surface area contributed by atoms with Gasteiger partial charge in [0.05, 0.1) is 11.7 Å². The van der Waals surface area contributed by atoms with E-state index in [2.05, 4.69) is 33.3 Å². The molecule has 3 aromatic heterocycles. The van der Waals surface area contributed by atoms with Gasteiger partial charge in [-0.05, 0) is 76.4 Å². The second-order valence-electron chi connectivity index (χ2n) is 8.90. The average molecular weight is 441 g/mol. The molecule has 4 aromatic rings. The molecule has 0 aliphatic carbocycles. The Hall–Kier alpha value is -3.74. The van der Waals surface area contributed by atoms with Gasteiger partial charge < -0.3 is 15.2 Å². The molecule has 33 heavy (non-hydrogen) atoms. The normalized spacial score (nSPS) is 15.9. The zero-order chi connectivity index (χ0) is 23.1. The van der Waals surface area contributed by atoms with Crippen LogP contribution in [0, 0.1) is 27.7 Å². The first-order valence-electron chi connectivity index (χ1n) is 11.3. The lowest BCUT2D eigenvalue weighted by Crippen LogP contribution is -2.31. The van der Waals surface area contributed by atoms with Gasteiger partial charge in [-0.2, -0.15) is 0 Å². The van der Waals surface area contributed by atoms with Crippen molar-refractivity contribution in [1.29, 1.82) is 0 Å². The molecule has 0 bridgehead atoms. The summed E-state index contributed by atoms with van der Waals surface area (Å²) >= 11 is 0. The highest BCUT2D eigenvalue weighted by Gasteiger charge is 2.32. The van der Waals surface area contributed by atoms with Gasteiger partial charge in [0.15, 0.2) is 0 Å². The molecule has 7 nitrogen and oxygen atoms in total. The number of anilines is 2. The summed E-state index contributed by atoms with van der Waals surface area (Å²) < 4.78 is 0. The van der Waals surface area contributed by atoms with Gasteiger partial charge in [0, 0.05) is 40.2 Å².